The van der Waals surface area contributed by atoms with Crippen LogP contribution in [0.15, 0.2) is 46.3 Å². The number of nitrogens with zero attached hydrogens (tertiary/aromatic N) is 2. The van der Waals surface area contributed by atoms with Crippen LogP contribution in [0.3, 0.4) is 0 Å². The van der Waals surface area contributed by atoms with Crippen molar-refractivity contribution < 1.29 is 13.6 Å². The molecule has 0 aliphatic carbocycles. The van der Waals surface area contributed by atoms with E-state index in [9.17, 15) is 18.4 Å². The molecule has 2 aromatic carbocycles. The Morgan fingerprint density at radius 3 is 2.65 bits per heavy atom. The van der Waals surface area contributed by atoms with Crippen molar-refractivity contribution in [2.45, 2.75) is 17.3 Å². The third-order valence-electron chi connectivity index (χ3n) is 3.63. The fourth-order valence-corrected chi connectivity index (χ4v) is 3.35. The van der Waals surface area contributed by atoms with Crippen molar-refractivity contribution in [3.05, 3.63) is 63.4 Å². The van der Waals surface area contributed by atoms with Gasteiger partial charge in [0.05, 0.1) is 21.8 Å². The maximum Gasteiger partial charge on any atom is 0.266 e. The highest BCUT2D eigenvalue weighted by Gasteiger charge is 2.20. The molecule has 9 heteroatoms. The molecule has 0 spiro atoms. The Morgan fingerprint density at radius 2 is 2.00 bits per heavy atom. The first kappa shape index (κ1) is 18.3. The van der Waals surface area contributed by atoms with Gasteiger partial charge in [0, 0.05) is 11.1 Å². The lowest BCUT2D eigenvalue weighted by Crippen LogP contribution is -2.27. The Morgan fingerprint density at radius 1 is 1.27 bits per heavy atom. The second kappa shape index (κ2) is 7.05. The summed E-state index contributed by atoms with van der Waals surface area (Å²) in [5, 5.41) is -0.186. The second-order valence-corrected chi connectivity index (χ2v) is 7.20. The molecule has 0 aliphatic heterocycles. The van der Waals surface area contributed by atoms with Gasteiger partial charge in [-0.1, -0.05) is 23.4 Å². The minimum absolute atomic E-state index is 0.0571. The first-order chi connectivity index (χ1) is 12.3. The molecule has 3 aromatic rings. The van der Waals surface area contributed by atoms with Gasteiger partial charge in [-0.05, 0) is 37.3 Å². The quantitative estimate of drug-likeness (QED) is 0.543. The van der Waals surface area contributed by atoms with Gasteiger partial charge in [0.2, 0.25) is 5.91 Å². The first-order valence-corrected chi connectivity index (χ1v) is 8.67. The van der Waals surface area contributed by atoms with Gasteiger partial charge in [-0.25, -0.2) is 13.8 Å². The van der Waals surface area contributed by atoms with E-state index < -0.39 is 28.4 Å². The second-order valence-electron chi connectivity index (χ2n) is 5.45. The van der Waals surface area contributed by atoms with Crippen LogP contribution in [0, 0.1) is 11.6 Å². The molecule has 3 rings (SSSR count). The van der Waals surface area contributed by atoms with Crippen LogP contribution in [0.5, 0.6) is 0 Å². The third kappa shape index (κ3) is 3.42. The zero-order chi connectivity index (χ0) is 19.0. The van der Waals surface area contributed by atoms with Crippen molar-refractivity contribution in [2.24, 2.45) is 5.73 Å². The summed E-state index contributed by atoms with van der Waals surface area (Å²) in [5.41, 5.74) is 4.82. The van der Waals surface area contributed by atoms with Gasteiger partial charge < -0.3 is 5.73 Å². The zero-order valence-corrected chi connectivity index (χ0v) is 14.9. The molecule has 26 heavy (non-hydrogen) atoms. The molecule has 0 radical (unpaired) electrons. The lowest BCUT2D eigenvalue weighted by molar-refractivity contribution is -0.117. The van der Waals surface area contributed by atoms with Gasteiger partial charge in [-0.15, -0.1) is 0 Å². The summed E-state index contributed by atoms with van der Waals surface area (Å²) < 4.78 is 28.6. The Balaban J connectivity index is 2.34. The van der Waals surface area contributed by atoms with E-state index in [4.69, 9.17) is 17.3 Å². The number of halogens is 3. The summed E-state index contributed by atoms with van der Waals surface area (Å²) in [4.78, 5) is 28.7. The monoisotopic (exact) mass is 395 g/mol. The van der Waals surface area contributed by atoms with Crippen LogP contribution in [0.4, 0.5) is 8.78 Å². The summed E-state index contributed by atoms with van der Waals surface area (Å²) in [5.74, 6) is -2.34. The van der Waals surface area contributed by atoms with Crippen molar-refractivity contribution in [1.82, 2.24) is 9.55 Å². The van der Waals surface area contributed by atoms with E-state index in [2.05, 4.69) is 4.98 Å². The van der Waals surface area contributed by atoms with Crippen LogP contribution in [0.1, 0.15) is 6.92 Å². The van der Waals surface area contributed by atoms with Crippen LogP contribution in [-0.4, -0.2) is 20.7 Å². The van der Waals surface area contributed by atoms with Crippen LogP contribution in [0.2, 0.25) is 5.02 Å². The lowest BCUT2D eigenvalue weighted by Gasteiger charge is -2.15. The lowest BCUT2D eigenvalue weighted by atomic mass is 10.2. The number of hydrogen-bond donors (Lipinski definition) is 1. The molecule has 1 atom stereocenters. The number of benzene rings is 2. The highest BCUT2D eigenvalue weighted by Crippen LogP contribution is 2.27. The van der Waals surface area contributed by atoms with Crippen LogP contribution < -0.4 is 11.3 Å². The average molecular weight is 396 g/mol. The molecule has 1 unspecified atom stereocenters. The van der Waals surface area contributed by atoms with Crippen molar-refractivity contribution in [2.75, 3.05) is 0 Å². The third-order valence-corrected chi connectivity index (χ3v) is 4.94. The number of nitrogens with two attached hydrogens (primary N) is 1. The molecule has 0 aliphatic rings. The first-order valence-electron chi connectivity index (χ1n) is 7.41. The minimum Gasteiger partial charge on any atom is -0.369 e. The number of rotatable bonds is 4. The Hall–Kier alpha value is -2.45. The molecule has 1 aromatic heterocycles. The summed E-state index contributed by atoms with van der Waals surface area (Å²) in [6, 6.07) is 7.34. The van der Waals surface area contributed by atoms with Gasteiger partial charge in [0.1, 0.15) is 11.6 Å². The average Bonchev–Trinajstić information content (AvgIpc) is 2.57. The van der Waals surface area contributed by atoms with Gasteiger partial charge in [-0.3, -0.25) is 14.2 Å². The van der Waals surface area contributed by atoms with Crippen molar-refractivity contribution in [3.63, 3.8) is 0 Å². The molecule has 0 saturated carbocycles. The normalized spacial score (nSPS) is 12.3. The standard InChI is InChI=1S/C17H12ClF2N3O2S/c1-8(15(21)24)26-17-22-13-4-2-9(18)6-11(13)16(25)23(17)14-5-3-10(19)7-12(14)20/h2-8H,1H3,(H2,21,24). The number of thioether (sulfide) groups is 1. The fourth-order valence-electron chi connectivity index (χ4n) is 2.31. The van der Waals surface area contributed by atoms with Crippen LogP contribution >= 0.6 is 23.4 Å². The number of carbonyl (C=O) groups excluding carboxylic acids is 1. The highest BCUT2D eigenvalue weighted by molar-refractivity contribution is 8.00. The summed E-state index contributed by atoms with van der Waals surface area (Å²) >= 11 is 6.84. The summed E-state index contributed by atoms with van der Waals surface area (Å²) in [7, 11) is 0. The topological polar surface area (TPSA) is 78.0 Å². The van der Waals surface area contributed by atoms with Crippen molar-refractivity contribution >= 4 is 40.2 Å². The maximum absolute atomic E-state index is 14.3. The van der Waals surface area contributed by atoms with Crippen molar-refractivity contribution in [1.29, 1.82) is 0 Å². The van der Waals surface area contributed by atoms with Crippen molar-refractivity contribution in [3.8, 4) is 5.69 Å². The van der Waals surface area contributed by atoms with E-state index in [1.807, 2.05) is 0 Å². The maximum atomic E-state index is 14.3. The van der Waals surface area contributed by atoms with E-state index in [0.29, 0.717) is 16.6 Å². The minimum atomic E-state index is -0.941. The molecule has 0 fully saturated rings. The molecule has 5 nitrogen and oxygen atoms in total. The van der Waals surface area contributed by atoms with E-state index in [0.717, 1.165) is 28.5 Å². The SMILES string of the molecule is CC(Sc1nc2ccc(Cl)cc2c(=O)n1-c1ccc(F)cc1F)C(N)=O. The Kier molecular flexibility index (Phi) is 4.97. The Labute approximate surface area is 155 Å². The molecule has 1 heterocycles. The number of aromatic nitrogens is 2. The fraction of sp³-hybridized carbons (Fsp3) is 0.118. The zero-order valence-electron chi connectivity index (χ0n) is 13.4. The highest BCUT2D eigenvalue weighted by atomic mass is 35.5. The van der Waals surface area contributed by atoms with Gasteiger partial charge in [0.15, 0.2) is 5.16 Å². The predicted octanol–water partition coefficient (Wildman–Crippen LogP) is 3.28. The summed E-state index contributed by atoms with van der Waals surface area (Å²) in [6.07, 6.45) is 0. The Bertz CT molecular complexity index is 1090. The molecular weight excluding hydrogens is 384 g/mol. The smallest absolute Gasteiger partial charge is 0.266 e. The number of fused-ring (bicyclic) bond motifs is 1. The van der Waals surface area contributed by atoms with E-state index in [1.165, 1.54) is 13.0 Å². The number of carbonyl (C=O) groups is 1. The van der Waals surface area contributed by atoms with E-state index >= 15 is 0 Å². The number of primary amides is 1. The molecule has 0 saturated heterocycles. The number of hydrogen-bond acceptors (Lipinski definition) is 4. The molecule has 0 bridgehead atoms. The molecular formula is C17H12ClF2N3O2S. The van der Waals surface area contributed by atoms with E-state index in [-0.39, 0.29) is 16.2 Å². The largest absolute Gasteiger partial charge is 0.369 e. The van der Waals surface area contributed by atoms with Crippen LogP contribution in [0.25, 0.3) is 16.6 Å². The van der Waals surface area contributed by atoms with Gasteiger partial charge in [0.25, 0.3) is 5.56 Å². The summed E-state index contributed by atoms with van der Waals surface area (Å²) in [6.45, 7) is 1.54. The molecule has 134 valence electrons. The predicted molar refractivity (Wildman–Crippen MR) is 96.8 cm³/mol. The molecule has 2 N–H and O–H groups in total. The van der Waals surface area contributed by atoms with Gasteiger partial charge >= 0.3 is 0 Å². The van der Waals surface area contributed by atoms with E-state index in [1.54, 1.807) is 12.1 Å². The molecule has 1 amide bonds. The van der Waals surface area contributed by atoms with Crippen LogP contribution in [-0.2, 0) is 4.79 Å². The number of amides is 1. The van der Waals surface area contributed by atoms with Gasteiger partial charge in [-0.2, -0.15) is 0 Å².